The third-order valence-electron chi connectivity index (χ3n) is 3.92. The van der Waals surface area contributed by atoms with E-state index in [4.69, 9.17) is 23.4 Å². The van der Waals surface area contributed by atoms with Crippen LogP contribution in [-0.4, -0.2) is 27.4 Å². The summed E-state index contributed by atoms with van der Waals surface area (Å²) in [7, 11) is 0. The van der Waals surface area contributed by atoms with Crippen LogP contribution in [0.3, 0.4) is 0 Å². The van der Waals surface area contributed by atoms with E-state index in [0.717, 1.165) is 0 Å². The number of ether oxygens (including phenoxy) is 1. The van der Waals surface area contributed by atoms with Gasteiger partial charge in [0.2, 0.25) is 0 Å². The van der Waals surface area contributed by atoms with E-state index in [9.17, 15) is 9.90 Å². The topological polar surface area (TPSA) is 67.2 Å². The van der Waals surface area contributed by atoms with E-state index in [-0.39, 0.29) is 29.0 Å². The van der Waals surface area contributed by atoms with Gasteiger partial charge in [0.05, 0.1) is 18.1 Å². The third-order valence-corrected chi connectivity index (χ3v) is 4.23. The molecule has 1 aliphatic rings. The Morgan fingerprint density at radius 3 is 2.95 bits per heavy atom. The summed E-state index contributed by atoms with van der Waals surface area (Å²) in [5, 5.41) is 9.36. The zero-order valence-corrected chi connectivity index (χ0v) is 11.6. The first kappa shape index (κ1) is 14.0. The number of H-pyrrole nitrogens is 1. The second kappa shape index (κ2) is 4.93. The second-order valence-corrected chi connectivity index (χ2v) is 5.33. The Morgan fingerprint density at radius 1 is 1.74 bits per heavy atom. The van der Waals surface area contributed by atoms with Crippen molar-refractivity contribution in [1.29, 1.82) is 0 Å². The Hall–Kier alpha value is -1.42. The molecule has 0 radical (unpaired) electrons. The lowest BCUT2D eigenvalue weighted by atomic mass is 9.77. The largest absolute Gasteiger partial charge is 0.394 e. The van der Waals surface area contributed by atoms with Gasteiger partial charge < -0.3 is 9.84 Å². The average Bonchev–Trinajstić information content (AvgIpc) is 2.63. The minimum absolute atomic E-state index is 0.0265. The minimum Gasteiger partial charge on any atom is -0.394 e. The van der Waals surface area contributed by atoms with E-state index in [0.29, 0.717) is 0 Å². The Bertz CT molecular complexity index is 630. The molecule has 5 nitrogen and oxygen atoms in total. The molecule has 6 heteroatoms. The van der Waals surface area contributed by atoms with Crippen LogP contribution >= 0.6 is 12.2 Å². The summed E-state index contributed by atoms with van der Waals surface area (Å²) in [5.41, 5.74) is -0.877. The molecule has 4 atom stereocenters. The number of terminal acetylenes is 1. The van der Waals surface area contributed by atoms with Crippen LogP contribution in [0, 0.1) is 28.4 Å². The molecule has 1 aliphatic heterocycles. The van der Waals surface area contributed by atoms with E-state index >= 15 is 0 Å². The number of nitrogens with one attached hydrogen (secondary N) is 1. The summed E-state index contributed by atoms with van der Waals surface area (Å²) in [5.74, 6) is 2.72. The molecular formula is C13H16N2O3S. The standard InChI is InChI=1S/C13H16N2O3S/c1-4-13(3)8(2)9(7-16)18-11(13)15-6-5-10(17)14-12(15)19/h1,5-6,8-9,11,16H,7H2,2-3H3,(H,14,17,19)/t8-,9?,11?,13?/m0/s1. The maximum atomic E-state index is 11.2. The molecule has 0 aliphatic carbocycles. The minimum atomic E-state index is -0.607. The van der Waals surface area contributed by atoms with Gasteiger partial charge in [-0.05, 0) is 19.1 Å². The lowest BCUT2D eigenvalue weighted by Crippen LogP contribution is -2.31. The maximum Gasteiger partial charge on any atom is 0.251 e. The zero-order chi connectivity index (χ0) is 14.2. The maximum absolute atomic E-state index is 11.2. The summed E-state index contributed by atoms with van der Waals surface area (Å²) in [6.45, 7) is 3.73. The highest BCUT2D eigenvalue weighted by Gasteiger charge is 2.51. The number of hydrogen-bond donors (Lipinski definition) is 2. The SMILES string of the molecule is C#CC1(C)C(n2ccc(=O)[nH]c2=S)OC(CO)[C@@H]1C. The van der Waals surface area contributed by atoms with Gasteiger partial charge in [-0.15, -0.1) is 6.42 Å². The number of aromatic nitrogens is 2. The van der Waals surface area contributed by atoms with Crippen LogP contribution in [-0.2, 0) is 4.74 Å². The molecule has 3 unspecified atom stereocenters. The lowest BCUT2D eigenvalue weighted by Gasteiger charge is -2.29. The Balaban J connectivity index is 2.52. The van der Waals surface area contributed by atoms with E-state index in [1.54, 1.807) is 10.8 Å². The highest BCUT2D eigenvalue weighted by Crippen LogP contribution is 2.48. The summed E-state index contributed by atoms with van der Waals surface area (Å²) in [6, 6.07) is 1.37. The number of rotatable bonds is 2. The summed E-state index contributed by atoms with van der Waals surface area (Å²) in [6.07, 6.45) is 6.36. The van der Waals surface area contributed by atoms with Gasteiger partial charge in [-0.3, -0.25) is 14.3 Å². The molecule has 0 aromatic carbocycles. The first-order valence-corrected chi connectivity index (χ1v) is 6.40. The monoisotopic (exact) mass is 280 g/mol. The Labute approximate surface area is 116 Å². The van der Waals surface area contributed by atoms with Crippen molar-refractivity contribution >= 4 is 12.2 Å². The van der Waals surface area contributed by atoms with Gasteiger partial charge in [-0.2, -0.15) is 0 Å². The first-order chi connectivity index (χ1) is 8.93. The van der Waals surface area contributed by atoms with Gasteiger partial charge in [-0.1, -0.05) is 12.8 Å². The fraction of sp³-hybridized carbons (Fsp3) is 0.538. The summed E-state index contributed by atoms with van der Waals surface area (Å²) < 4.78 is 7.70. The molecule has 0 amide bonds. The number of aromatic amines is 1. The van der Waals surface area contributed by atoms with Crippen LogP contribution in [0.15, 0.2) is 17.1 Å². The van der Waals surface area contributed by atoms with E-state index in [1.807, 2.05) is 13.8 Å². The fourth-order valence-electron chi connectivity index (χ4n) is 2.41. The molecule has 2 N–H and O–H groups in total. The Kier molecular flexibility index (Phi) is 3.63. The highest BCUT2D eigenvalue weighted by molar-refractivity contribution is 7.71. The molecule has 1 aromatic heterocycles. The van der Waals surface area contributed by atoms with Crippen LogP contribution < -0.4 is 5.56 Å². The molecular weight excluding hydrogens is 264 g/mol. The van der Waals surface area contributed by atoms with Crippen molar-refractivity contribution in [2.45, 2.75) is 26.2 Å². The lowest BCUT2D eigenvalue weighted by molar-refractivity contribution is -0.0435. The van der Waals surface area contributed by atoms with Crippen LogP contribution in [0.25, 0.3) is 0 Å². The van der Waals surface area contributed by atoms with Crippen molar-refractivity contribution in [2.75, 3.05) is 6.61 Å². The van der Waals surface area contributed by atoms with Gasteiger partial charge in [-0.25, -0.2) is 0 Å². The summed E-state index contributed by atoms with van der Waals surface area (Å²) >= 11 is 5.14. The molecule has 19 heavy (non-hydrogen) atoms. The quantitative estimate of drug-likeness (QED) is 0.628. The fourth-order valence-corrected chi connectivity index (χ4v) is 2.66. The van der Waals surface area contributed by atoms with Gasteiger partial charge in [0.15, 0.2) is 11.0 Å². The predicted molar refractivity (Wildman–Crippen MR) is 73.0 cm³/mol. The first-order valence-electron chi connectivity index (χ1n) is 5.99. The van der Waals surface area contributed by atoms with E-state index in [1.165, 1.54) is 6.07 Å². The number of aliphatic hydroxyl groups is 1. The van der Waals surface area contributed by atoms with E-state index < -0.39 is 11.6 Å². The van der Waals surface area contributed by atoms with Gasteiger partial charge >= 0.3 is 0 Å². The Morgan fingerprint density at radius 2 is 2.42 bits per heavy atom. The molecule has 2 heterocycles. The van der Waals surface area contributed by atoms with Crippen molar-refractivity contribution in [3.63, 3.8) is 0 Å². The highest BCUT2D eigenvalue weighted by atomic mass is 32.1. The molecule has 102 valence electrons. The molecule has 0 bridgehead atoms. The van der Waals surface area contributed by atoms with Crippen molar-refractivity contribution < 1.29 is 9.84 Å². The molecule has 1 saturated heterocycles. The molecule has 1 aromatic rings. The number of aliphatic hydroxyl groups excluding tert-OH is 1. The summed E-state index contributed by atoms with van der Waals surface area (Å²) in [4.78, 5) is 13.8. The molecule has 1 fully saturated rings. The average molecular weight is 280 g/mol. The molecule has 2 rings (SSSR count). The predicted octanol–water partition coefficient (Wildman–Crippen LogP) is 1.07. The third kappa shape index (κ3) is 2.14. The van der Waals surface area contributed by atoms with Gasteiger partial charge in [0.1, 0.15) is 0 Å². The number of hydrogen-bond acceptors (Lipinski definition) is 4. The molecule has 0 saturated carbocycles. The van der Waals surface area contributed by atoms with Gasteiger partial charge in [0, 0.05) is 18.2 Å². The number of nitrogens with zero attached hydrogens (tertiary/aromatic N) is 1. The van der Waals surface area contributed by atoms with Crippen LogP contribution in [0.4, 0.5) is 0 Å². The molecule has 0 spiro atoms. The van der Waals surface area contributed by atoms with Crippen molar-refractivity contribution in [1.82, 2.24) is 9.55 Å². The van der Waals surface area contributed by atoms with Crippen LogP contribution in [0.5, 0.6) is 0 Å². The van der Waals surface area contributed by atoms with Crippen molar-refractivity contribution in [3.8, 4) is 12.3 Å². The normalized spacial score (nSPS) is 34.1. The smallest absolute Gasteiger partial charge is 0.251 e. The van der Waals surface area contributed by atoms with Crippen LogP contribution in [0.2, 0.25) is 0 Å². The van der Waals surface area contributed by atoms with E-state index in [2.05, 4.69) is 10.9 Å². The van der Waals surface area contributed by atoms with Crippen LogP contribution in [0.1, 0.15) is 20.1 Å². The van der Waals surface area contributed by atoms with Gasteiger partial charge in [0.25, 0.3) is 5.56 Å². The van der Waals surface area contributed by atoms with Crippen molar-refractivity contribution in [3.05, 3.63) is 27.4 Å². The zero-order valence-electron chi connectivity index (χ0n) is 10.8. The second-order valence-electron chi connectivity index (χ2n) is 4.94. The van der Waals surface area contributed by atoms with Crippen molar-refractivity contribution in [2.24, 2.45) is 11.3 Å².